The maximum atomic E-state index is 12.8. The zero-order chi connectivity index (χ0) is 17.9. The molecular formula is C13H16F3N7O. The zero-order valence-electron chi connectivity index (χ0n) is 13.0. The third-order valence-electron chi connectivity index (χ3n) is 3.25. The highest BCUT2D eigenvalue weighted by Crippen LogP contribution is 2.33. The lowest BCUT2D eigenvalue weighted by Gasteiger charge is -2.12. The van der Waals surface area contributed by atoms with Crippen molar-refractivity contribution in [2.75, 3.05) is 17.7 Å². The second-order valence-electron chi connectivity index (χ2n) is 4.91. The van der Waals surface area contributed by atoms with Gasteiger partial charge in [-0.3, -0.25) is 9.48 Å². The van der Waals surface area contributed by atoms with Crippen LogP contribution in [0.4, 0.5) is 30.6 Å². The Kier molecular flexibility index (Phi) is 4.90. The molecule has 0 bridgehead atoms. The van der Waals surface area contributed by atoms with Gasteiger partial charge in [-0.15, -0.1) is 0 Å². The maximum absolute atomic E-state index is 12.8. The standard InChI is InChI=1S/C13H16F3N7O/c1-7-9(6-20-23(7)4-3-10(17)24)21-12-19-5-8(13(14,15)16)11(18-2)22-12/h5-6H,3-4H2,1-2H3,(H2,17,24)(H2,18,19,21,22). The van der Waals surface area contributed by atoms with Gasteiger partial charge in [0.05, 0.1) is 24.1 Å². The SMILES string of the molecule is CNc1nc(Nc2cnn(CCC(N)=O)c2C)ncc1C(F)(F)F. The number of anilines is 3. The van der Waals surface area contributed by atoms with E-state index >= 15 is 0 Å². The van der Waals surface area contributed by atoms with Gasteiger partial charge in [0.1, 0.15) is 11.4 Å². The van der Waals surface area contributed by atoms with Crippen molar-refractivity contribution in [1.82, 2.24) is 19.7 Å². The number of aromatic nitrogens is 4. The van der Waals surface area contributed by atoms with Crippen molar-refractivity contribution in [1.29, 1.82) is 0 Å². The molecule has 0 unspecified atom stereocenters. The molecule has 11 heteroatoms. The number of carbonyl (C=O) groups is 1. The van der Waals surface area contributed by atoms with E-state index in [-0.39, 0.29) is 18.2 Å². The Hall–Kier alpha value is -2.85. The number of alkyl halides is 3. The fraction of sp³-hybridized carbons (Fsp3) is 0.385. The number of nitrogens with two attached hydrogens (primary N) is 1. The lowest BCUT2D eigenvalue weighted by molar-refractivity contribution is -0.137. The summed E-state index contributed by atoms with van der Waals surface area (Å²) in [7, 11) is 1.34. The van der Waals surface area contributed by atoms with E-state index in [1.165, 1.54) is 13.2 Å². The van der Waals surface area contributed by atoms with Gasteiger partial charge in [-0.2, -0.15) is 23.3 Å². The minimum atomic E-state index is -4.55. The number of rotatable bonds is 6. The van der Waals surface area contributed by atoms with Gasteiger partial charge in [0.15, 0.2) is 0 Å². The number of carbonyl (C=O) groups excluding carboxylic acids is 1. The quantitative estimate of drug-likeness (QED) is 0.736. The van der Waals surface area contributed by atoms with Crippen LogP contribution < -0.4 is 16.4 Å². The summed E-state index contributed by atoms with van der Waals surface area (Å²) < 4.78 is 40.0. The van der Waals surface area contributed by atoms with Crippen LogP contribution in [0.15, 0.2) is 12.4 Å². The summed E-state index contributed by atoms with van der Waals surface area (Å²) in [4.78, 5) is 18.3. The molecule has 0 aromatic carbocycles. The summed E-state index contributed by atoms with van der Waals surface area (Å²) >= 11 is 0. The second kappa shape index (κ2) is 6.72. The van der Waals surface area contributed by atoms with Gasteiger partial charge in [-0.05, 0) is 6.92 Å². The molecule has 0 saturated heterocycles. The van der Waals surface area contributed by atoms with Crippen molar-refractivity contribution < 1.29 is 18.0 Å². The predicted octanol–water partition coefficient (Wildman–Crippen LogP) is 1.66. The molecule has 8 nitrogen and oxygen atoms in total. The zero-order valence-corrected chi connectivity index (χ0v) is 13.0. The molecule has 0 spiro atoms. The van der Waals surface area contributed by atoms with Crippen molar-refractivity contribution in [2.45, 2.75) is 26.1 Å². The Bertz CT molecular complexity index is 742. The van der Waals surface area contributed by atoms with Gasteiger partial charge in [0, 0.05) is 19.7 Å². The van der Waals surface area contributed by atoms with Crippen molar-refractivity contribution in [2.24, 2.45) is 5.73 Å². The van der Waals surface area contributed by atoms with E-state index in [2.05, 4.69) is 25.7 Å². The maximum Gasteiger partial charge on any atom is 0.421 e. The molecule has 0 fully saturated rings. The molecule has 2 heterocycles. The number of hydrogen-bond donors (Lipinski definition) is 3. The first-order valence-electron chi connectivity index (χ1n) is 6.92. The largest absolute Gasteiger partial charge is 0.421 e. The van der Waals surface area contributed by atoms with Crippen molar-refractivity contribution in [3.63, 3.8) is 0 Å². The Morgan fingerprint density at radius 3 is 2.67 bits per heavy atom. The van der Waals surface area contributed by atoms with Crippen molar-refractivity contribution in [3.05, 3.63) is 23.7 Å². The molecule has 2 aromatic heterocycles. The predicted molar refractivity (Wildman–Crippen MR) is 80.6 cm³/mol. The highest BCUT2D eigenvalue weighted by molar-refractivity contribution is 5.73. The molecule has 24 heavy (non-hydrogen) atoms. The third-order valence-corrected chi connectivity index (χ3v) is 3.25. The topological polar surface area (TPSA) is 111 Å². The molecule has 130 valence electrons. The number of amides is 1. The van der Waals surface area contributed by atoms with Gasteiger partial charge < -0.3 is 16.4 Å². The summed E-state index contributed by atoms with van der Waals surface area (Å²) in [6.07, 6.45) is -2.25. The van der Waals surface area contributed by atoms with Crippen molar-refractivity contribution >= 4 is 23.4 Å². The first-order chi connectivity index (χ1) is 11.2. The Morgan fingerprint density at radius 2 is 2.08 bits per heavy atom. The lowest BCUT2D eigenvalue weighted by atomic mass is 10.3. The number of halogens is 3. The summed E-state index contributed by atoms with van der Waals surface area (Å²) in [5, 5.41) is 9.28. The first-order valence-corrected chi connectivity index (χ1v) is 6.92. The summed E-state index contributed by atoms with van der Waals surface area (Å²) in [6.45, 7) is 2.04. The van der Waals surface area contributed by atoms with Gasteiger partial charge in [-0.25, -0.2) is 4.98 Å². The van der Waals surface area contributed by atoms with E-state index in [1.54, 1.807) is 11.6 Å². The highest BCUT2D eigenvalue weighted by atomic mass is 19.4. The number of nitrogens with one attached hydrogen (secondary N) is 2. The molecule has 0 saturated carbocycles. The molecule has 0 aliphatic rings. The van der Waals surface area contributed by atoms with E-state index < -0.39 is 17.6 Å². The Labute approximate surface area is 135 Å². The lowest BCUT2D eigenvalue weighted by Crippen LogP contribution is -2.15. The number of primary amides is 1. The van der Waals surface area contributed by atoms with Crippen LogP contribution >= 0.6 is 0 Å². The van der Waals surface area contributed by atoms with Crippen LogP contribution in [-0.4, -0.2) is 32.7 Å². The first kappa shape index (κ1) is 17.5. The van der Waals surface area contributed by atoms with E-state index in [0.29, 0.717) is 24.1 Å². The van der Waals surface area contributed by atoms with Crippen LogP contribution in [0, 0.1) is 6.92 Å². The van der Waals surface area contributed by atoms with E-state index in [4.69, 9.17) is 5.73 Å². The number of hydrogen-bond acceptors (Lipinski definition) is 6. The average Bonchev–Trinajstić information content (AvgIpc) is 2.84. The summed E-state index contributed by atoms with van der Waals surface area (Å²) in [5.41, 5.74) is 5.32. The molecule has 0 atom stereocenters. The molecule has 0 radical (unpaired) electrons. The minimum Gasteiger partial charge on any atom is -0.372 e. The van der Waals surface area contributed by atoms with E-state index in [1.807, 2.05) is 0 Å². The molecule has 2 rings (SSSR count). The second-order valence-corrected chi connectivity index (χ2v) is 4.91. The molecule has 4 N–H and O–H groups in total. The van der Waals surface area contributed by atoms with Gasteiger partial charge in [0.25, 0.3) is 0 Å². The van der Waals surface area contributed by atoms with Crippen LogP contribution in [0.3, 0.4) is 0 Å². The molecule has 0 aliphatic carbocycles. The smallest absolute Gasteiger partial charge is 0.372 e. The Balaban J connectivity index is 2.21. The van der Waals surface area contributed by atoms with Crippen LogP contribution in [-0.2, 0) is 17.5 Å². The van der Waals surface area contributed by atoms with Crippen LogP contribution in [0.25, 0.3) is 0 Å². The van der Waals surface area contributed by atoms with Crippen LogP contribution in [0.5, 0.6) is 0 Å². The number of nitrogens with zero attached hydrogens (tertiary/aromatic N) is 4. The minimum absolute atomic E-state index is 0.00935. The van der Waals surface area contributed by atoms with Crippen LogP contribution in [0.1, 0.15) is 17.7 Å². The fourth-order valence-electron chi connectivity index (χ4n) is 1.97. The molecule has 0 aliphatic heterocycles. The monoisotopic (exact) mass is 343 g/mol. The Morgan fingerprint density at radius 1 is 1.38 bits per heavy atom. The normalized spacial score (nSPS) is 11.4. The molecule has 1 amide bonds. The van der Waals surface area contributed by atoms with Gasteiger partial charge in [0.2, 0.25) is 11.9 Å². The highest BCUT2D eigenvalue weighted by Gasteiger charge is 2.35. The summed E-state index contributed by atoms with van der Waals surface area (Å²) in [5.74, 6) is -0.798. The fourth-order valence-corrected chi connectivity index (χ4v) is 1.97. The third kappa shape index (κ3) is 3.91. The molecule has 2 aromatic rings. The molecular weight excluding hydrogens is 327 g/mol. The number of aryl methyl sites for hydroxylation is 1. The van der Waals surface area contributed by atoms with Crippen LogP contribution in [0.2, 0.25) is 0 Å². The van der Waals surface area contributed by atoms with Gasteiger partial charge >= 0.3 is 6.18 Å². The van der Waals surface area contributed by atoms with E-state index in [0.717, 1.165) is 0 Å². The van der Waals surface area contributed by atoms with Gasteiger partial charge in [-0.1, -0.05) is 0 Å². The average molecular weight is 343 g/mol. The summed E-state index contributed by atoms with van der Waals surface area (Å²) in [6, 6.07) is 0. The van der Waals surface area contributed by atoms with Crippen molar-refractivity contribution in [3.8, 4) is 0 Å². The van der Waals surface area contributed by atoms with E-state index in [9.17, 15) is 18.0 Å².